The molecule has 3 aromatic rings. The summed E-state index contributed by atoms with van der Waals surface area (Å²) in [4.78, 5) is 10.7. The molecule has 1 aromatic heterocycles. The molecule has 24 heavy (non-hydrogen) atoms. The fourth-order valence-electron chi connectivity index (χ4n) is 2.38. The highest BCUT2D eigenvalue weighted by atomic mass is 19.1. The summed E-state index contributed by atoms with van der Waals surface area (Å²) < 4.78 is 41.7. The van der Waals surface area contributed by atoms with E-state index in [-0.39, 0.29) is 12.1 Å². The maximum atomic E-state index is 13.8. The van der Waals surface area contributed by atoms with Crippen molar-refractivity contribution in [1.82, 2.24) is 9.78 Å². The molecule has 3 rings (SSSR count). The summed E-state index contributed by atoms with van der Waals surface area (Å²) in [5.74, 6) is -3.09. The fourth-order valence-corrected chi connectivity index (χ4v) is 2.38. The predicted molar refractivity (Wildman–Crippen MR) is 81.8 cm³/mol. The van der Waals surface area contributed by atoms with E-state index in [2.05, 4.69) is 5.10 Å². The van der Waals surface area contributed by atoms with Gasteiger partial charge in [-0.05, 0) is 30.3 Å². The average Bonchev–Trinajstić information content (AvgIpc) is 2.85. The minimum absolute atomic E-state index is 0.0486. The van der Waals surface area contributed by atoms with Crippen molar-refractivity contribution in [3.63, 3.8) is 0 Å². The van der Waals surface area contributed by atoms with Gasteiger partial charge in [0.05, 0.1) is 17.8 Å². The molecule has 1 N–H and O–H groups in total. The third kappa shape index (κ3) is 3.15. The highest BCUT2D eigenvalue weighted by molar-refractivity contribution is 5.92. The molecule has 0 aliphatic carbocycles. The van der Waals surface area contributed by atoms with Gasteiger partial charge in [-0.3, -0.25) is 4.68 Å². The quantitative estimate of drug-likeness (QED) is 0.743. The van der Waals surface area contributed by atoms with E-state index in [0.29, 0.717) is 16.6 Å². The summed E-state index contributed by atoms with van der Waals surface area (Å²) in [5.41, 5.74) is 0.873. The smallest absolute Gasteiger partial charge is 0.328 e. The summed E-state index contributed by atoms with van der Waals surface area (Å²) in [6.07, 6.45) is 2.19. The Hall–Kier alpha value is -3.09. The molecule has 2 aromatic carbocycles. The van der Waals surface area contributed by atoms with Crippen LogP contribution in [-0.4, -0.2) is 20.9 Å². The highest BCUT2D eigenvalue weighted by Crippen LogP contribution is 2.23. The molecule has 0 aliphatic rings. The second-order valence-corrected chi connectivity index (χ2v) is 5.11. The fraction of sp³-hybridized carbons (Fsp3) is 0.0588. The summed E-state index contributed by atoms with van der Waals surface area (Å²) in [5, 5.41) is 13.5. The number of carboxylic acids is 1. The number of hydrogen-bond acceptors (Lipinski definition) is 2. The lowest BCUT2D eigenvalue weighted by molar-refractivity contribution is -0.131. The van der Waals surface area contributed by atoms with Crippen LogP contribution in [0.2, 0.25) is 0 Å². The summed E-state index contributed by atoms with van der Waals surface area (Å²) >= 11 is 0. The Kier molecular flexibility index (Phi) is 4.07. The molecule has 0 saturated carbocycles. The van der Waals surface area contributed by atoms with Crippen LogP contribution < -0.4 is 0 Å². The first-order valence-electron chi connectivity index (χ1n) is 6.95. The van der Waals surface area contributed by atoms with Gasteiger partial charge >= 0.3 is 5.97 Å². The van der Waals surface area contributed by atoms with E-state index in [4.69, 9.17) is 5.11 Å². The highest BCUT2D eigenvalue weighted by Gasteiger charge is 2.12. The number of carboxylic acid groups (broad SMARTS) is 1. The molecule has 7 heteroatoms. The largest absolute Gasteiger partial charge is 0.478 e. The van der Waals surface area contributed by atoms with Crippen LogP contribution in [0.5, 0.6) is 0 Å². The Morgan fingerprint density at radius 3 is 2.54 bits per heavy atom. The number of benzene rings is 2. The Morgan fingerprint density at radius 2 is 1.83 bits per heavy atom. The van der Waals surface area contributed by atoms with Gasteiger partial charge in [0.25, 0.3) is 0 Å². The van der Waals surface area contributed by atoms with Crippen molar-refractivity contribution < 1.29 is 23.1 Å². The summed E-state index contributed by atoms with van der Waals surface area (Å²) in [6.45, 7) is -0.0486. The van der Waals surface area contributed by atoms with Gasteiger partial charge in [-0.15, -0.1) is 0 Å². The molecule has 0 bridgehead atoms. The van der Waals surface area contributed by atoms with Crippen LogP contribution in [0.1, 0.15) is 11.3 Å². The van der Waals surface area contributed by atoms with Crippen molar-refractivity contribution in [2.24, 2.45) is 0 Å². The van der Waals surface area contributed by atoms with E-state index >= 15 is 0 Å². The van der Waals surface area contributed by atoms with E-state index in [0.717, 1.165) is 18.2 Å². The van der Waals surface area contributed by atoms with Crippen LogP contribution in [-0.2, 0) is 11.3 Å². The molecule has 0 unspecified atom stereocenters. The van der Waals surface area contributed by atoms with Crippen molar-refractivity contribution in [2.75, 3.05) is 0 Å². The number of nitrogens with zero attached hydrogens (tertiary/aromatic N) is 2. The number of aromatic nitrogens is 2. The lowest BCUT2D eigenvalue weighted by atomic mass is 10.2. The molecule has 0 spiro atoms. The van der Waals surface area contributed by atoms with E-state index < -0.39 is 23.4 Å². The molecular formula is C17H11F3N2O2. The maximum absolute atomic E-state index is 13.8. The Bertz CT molecular complexity index is 964. The van der Waals surface area contributed by atoms with Crippen molar-refractivity contribution in [3.05, 3.63) is 71.2 Å². The number of aliphatic carboxylic acids is 1. The van der Waals surface area contributed by atoms with Gasteiger partial charge in [-0.1, -0.05) is 6.07 Å². The van der Waals surface area contributed by atoms with Gasteiger partial charge in [0.2, 0.25) is 0 Å². The lowest BCUT2D eigenvalue weighted by Gasteiger charge is -2.05. The first-order valence-corrected chi connectivity index (χ1v) is 6.95. The van der Waals surface area contributed by atoms with Crippen molar-refractivity contribution in [3.8, 4) is 0 Å². The molecule has 0 amide bonds. The number of hydrogen-bond donors (Lipinski definition) is 1. The third-order valence-corrected chi connectivity index (χ3v) is 3.46. The second kappa shape index (κ2) is 6.19. The molecule has 0 saturated heterocycles. The minimum Gasteiger partial charge on any atom is -0.478 e. The average molecular weight is 332 g/mol. The van der Waals surface area contributed by atoms with Gasteiger partial charge in [0, 0.05) is 23.1 Å². The normalized spacial score (nSPS) is 11.5. The first-order chi connectivity index (χ1) is 11.4. The molecule has 0 fully saturated rings. The van der Waals surface area contributed by atoms with Crippen molar-refractivity contribution >= 4 is 22.9 Å². The SMILES string of the molecule is O=C(O)C=Cc1nn(Cc2ccc(F)cc2F)c2cc(F)ccc12. The van der Waals surface area contributed by atoms with Crippen LogP contribution in [0, 0.1) is 17.5 Å². The van der Waals surface area contributed by atoms with Crippen LogP contribution in [0.3, 0.4) is 0 Å². The number of fused-ring (bicyclic) bond motifs is 1. The maximum Gasteiger partial charge on any atom is 0.328 e. The topological polar surface area (TPSA) is 55.1 Å². The molecule has 0 aliphatic heterocycles. The van der Waals surface area contributed by atoms with Crippen LogP contribution in [0.4, 0.5) is 13.2 Å². The van der Waals surface area contributed by atoms with Crippen molar-refractivity contribution in [2.45, 2.75) is 6.54 Å². The zero-order valence-corrected chi connectivity index (χ0v) is 12.2. The standard InChI is InChI=1S/C17H11F3N2O2/c18-11-2-1-10(14(20)7-11)9-22-16-8-12(19)3-4-13(16)15(21-22)5-6-17(23)24/h1-8H,9H2,(H,23,24). The number of carbonyl (C=O) groups is 1. The van der Waals surface area contributed by atoms with E-state index in [1.165, 1.54) is 35.0 Å². The van der Waals surface area contributed by atoms with Crippen molar-refractivity contribution in [1.29, 1.82) is 0 Å². The first kappa shape index (κ1) is 15.8. The number of halogens is 3. The monoisotopic (exact) mass is 332 g/mol. The molecule has 0 atom stereocenters. The van der Waals surface area contributed by atoms with Gasteiger partial charge in [0.1, 0.15) is 17.5 Å². The summed E-state index contributed by atoms with van der Waals surface area (Å²) in [6, 6.07) is 7.08. The zero-order valence-electron chi connectivity index (χ0n) is 12.2. The van der Waals surface area contributed by atoms with Crippen LogP contribution >= 0.6 is 0 Å². The van der Waals surface area contributed by atoms with Crippen LogP contribution in [0.25, 0.3) is 17.0 Å². The Morgan fingerprint density at radius 1 is 1.12 bits per heavy atom. The van der Waals surface area contributed by atoms with Gasteiger partial charge < -0.3 is 5.11 Å². The molecule has 0 radical (unpaired) electrons. The minimum atomic E-state index is -1.15. The predicted octanol–water partition coefficient (Wildman–Crippen LogP) is 3.60. The van der Waals surface area contributed by atoms with E-state index in [9.17, 15) is 18.0 Å². The lowest BCUT2D eigenvalue weighted by Crippen LogP contribution is -2.04. The molecule has 1 heterocycles. The molecule has 122 valence electrons. The van der Waals surface area contributed by atoms with Gasteiger partial charge in [0.15, 0.2) is 0 Å². The molecule has 4 nitrogen and oxygen atoms in total. The van der Waals surface area contributed by atoms with E-state index in [1.807, 2.05) is 0 Å². The second-order valence-electron chi connectivity index (χ2n) is 5.11. The van der Waals surface area contributed by atoms with Crippen LogP contribution in [0.15, 0.2) is 42.5 Å². The molecular weight excluding hydrogens is 321 g/mol. The van der Waals surface area contributed by atoms with Gasteiger partial charge in [-0.25, -0.2) is 18.0 Å². The van der Waals surface area contributed by atoms with Gasteiger partial charge in [-0.2, -0.15) is 5.10 Å². The van der Waals surface area contributed by atoms with E-state index in [1.54, 1.807) is 0 Å². The Balaban J connectivity index is 2.09. The Labute approximate surface area is 134 Å². The zero-order chi connectivity index (χ0) is 17.3. The summed E-state index contributed by atoms with van der Waals surface area (Å²) in [7, 11) is 0. The third-order valence-electron chi connectivity index (χ3n) is 3.46. The number of rotatable bonds is 4.